The molecule has 2 aliphatic heterocycles. The quantitative estimate of drug-likeness (QED) is 0.587. The zero-order valence-corrected chi connectivity index (χ0v) is 20.7. The van der Waals surface area contributed by atoms with E-state index in [4.69, 9.17) is 4.74 Å². The minimum atomic E-state index is -3.82. The highest BCUT2D eigenvalue weighted by molar-refractivity contribution is 7.89. The molecular weight excluding hydrogens is 497 g/mol. The maximum Gasteiger partial charge on any atom is 0.243 e. The Hall–Kier alpha value is -2.38. The summed E-state index contributed by atoms with van der Waals surface area (Å²) in [6.07, 6.45) is 1.09. The van der Waals surface area contributed by atoms with Gasteiger partial charge in [0, 0.05) is 32.7 Å². The molecule has 0 spiro atoms. The molecular formula is C23H28FN3O6S2. The van der Waals surface area contributed by atoms with E-state index in [1.54, 1.807) is 12.1 Å². The van der Waals surface area contributed by atoms with Crippen LogP contribution in [0.2, 0.25) is 0 Å². The lowest BCUT2D eigenvalue weighted by Crippen LogP contribution is -2.45. The van der Waals surface area contributed by atoms with Gasteiger partial charge in [0.05, 0.1) is 28.9 Å². The first-order valence-electron chi connectivity index (χ1n) is 11.4. The van der Waals surface area contributed by atoms with Gasteiger partial charge in [0.15, 0.2) is 0 Å². The summed E-state index contributed by atoms with van der Waals surface area (Å²) in [5.74, 6) is -1.31. The Morgan fingerprint density at radius 2 is 1.46 bits per heavy atom. The number of rotatable bonds is 7. The molecule has 190 valence electrons. The van der Waals surface area contributed by atoms with Crippen LogP contribution in [0, 0.1) is 11.7 Å². The van der Waals surface area contributed by atoms with Crippen LogP contribution in [0.4, 0.5) is 4.39 Å². The number of benzene rings is 2. The van der Waals surface area contributed by atoms with Crippen molar-refractivity contribution in [1.82, 2.24) is 13.9 Å². The third kappa shape index (κ3) is 5.89. The van der Waals surface area contributed by atoms with Crippen molar-refractivity contribution in [3.63, 3.8) is 0 Å². The number of nitrogens with zero attached hydrogens (tertiary/aromatic N) is 2. The van der Waals surface area contributed by atoms with E-state index >= 15 is 0 Å². The largest absolute Gasteiger partial charge is 0.379 e. The molecule has 2 saturated heterocycles. The van der Waals surface area contributed by atoms with Crippen LogP contribution in [0.5, 0.6) is 0 Å². The summed E-state index contributed by atoms with van der Waals surface area (Å²) in [6.45, 7) is 1.90. The first-order chi connectivity index (χ1) is 16.7. The molecule has 2 fully saturated rings. The molecule has 2 aromatic carbocycles. The van der Waals surface area contributed by atoms with Crippen LogP contribution < -0.4 is 5.32 Å². The number of piperidine rings is 1. The maximum atomic E-state index is 13.2. The molecule has 2 heterocycles. The smallest absolute Gasteiger partial charge is 0.243 e. The fourth-order valence-electron chi connectivity index (χ4n) is 4.18. The van der Waals surface area contributed by atoms with Crippen LogP contribution in [0.25, 0.3) is 0 Å². The van der Waals surface area contributed by atoms with Gasteiger partial charge in [-0.3, -0.25) is 4.79 Å². The Balaban J connectivity index is 1.34. The van der Waals surface area contributed by atoms with Crippen LogP contribution in [0.3, 0.4) is 0 Å². The van der Waals surface area contributed by atoms with Crippen molar-refractivity contribution in [2.45, 2.75) is 29.2 Å². The summed E-state index contributed by atoms with van der Waals surface area (Å²) in [7, 11) is -7.41. The lowest BCUT2D eigenvalue weighted by atomic mass is 9.99. The van der Waals surface area contributed by atoms with E-state index in [-0.39, 0.29) is 28.8 Å². The summed E-state index contributed by atoms with van der Waals surface area (Å²) < 4.78 is 72.3. The van der Waals surface area contributed by atoms with Crippen molar-refractivity contribution in [3.05, 3.63) is 59.9 Å². The third-order valence-electron chi connectivity index (χ3n) is 6.20. The molecule has 2 aliphatic rings. The Morgan fingerprint density at radius 3 is 2.09 bits per heavy atom. The van der Waals surface area contributed by atoms with Gasteiger partial charge in [-0.25, -0.2) is 21.2 Å². The van der Waals surface area contributed by atoms with E-state index in [9.17, 15) is 26.0 Å². The summed E-state index contributed by atoms with van der Waals surface area (Å²) >= 11 is 0. The normalized spacial score (nSPS) is 20.4. The standard InChI is InChI=1S/C23H28FN3O6S2/c24-20-5-9-22(10-6-20)35(31,32)27-11-1-2-19(17-27)23(28)25-16-18-3-7-21(8-4-18)34(29,30)26-12-14-33-15-13-26/h3-10,19H,1-2,11-17H2,(H,25,28). The minimum Gasteiger partial charge on any atom is -0.379 e. The van der Waals surface area contributed by atoms with Gasteiger partial charge >= 0.3 is 0 Å². The monoisotopic (exact) mass is 525 g/mol. The molecule has 1 unspecified atom stereocenters. The highest BCUT2D eigenvalue weighted by atomic mass is 32.2. The number of hydrogen-bond donors (Lipinski definition) is 1. The number of nitrogens with one attached hydrogen (secondary N) is 1. The molecule has 9 nitrogen and oxygen atoms in total. The lowest BCUT2D eigenvalue weighted by molar-refractivity contribution is -0.126. The van der Waals surface area contributed by atoms with Gasteiger partial charge in [-0.1, -0.05) is 12.1 Å². The second kappa shape index (κ2) is 10.7. The van der Waals surface area contributed by atoms with Gasteiger partial charge in [0.25, 0.3) is 0 Å². The van der Waals surface area contributed by atoms with E-state index in [0.717, 1.165) is 17.7 Å². The highest BCUT2D eigenvalue weighted by Crippen LogP contribution is 2.24. The predicted molar refractivity (Wildman–Crippen MR) is 126 cm³/mol. The first-order valence-corrected chi connectivity index (χ1v) is 14.3. The second-order valence-corrected chi connectivity index (χ2v) is 12.4. The molecule has 1 amide bonds. The number of halogens is 1. The van der Waals surface area contributed by atoms with Crippen molar-refractivity contribution < 1.29 is 30.8 Å². The van der Waals surface area contributed by atoms with Gasteiger partial charge in [-0.2, -0.15) is 8.61 Å². The summed E-state index contributed by atoms with van der Waals surface area (Å²) in [5, 5.41) is 2.82. The number of sulfonamides is 2. The van der Waals surface area contributed by atoms with Crippen molar-refractivity contribution >= 4 is 26.0 Å². The zero-order chi connectivity index (χ0) is 25.1. The van der Waals surface area contributed by atoms with Crippen molar-refractivity contribution in [2.75, 3.05) is 39.4 Å². The van der Waals surface area contributed by atoms with Gasteiger partial charge in [-0.05, 0) is 54.8 Å². The molecule has 35 heavy (non-hydrogen) atoms. The predicted octanol–water partition coefficient (Wildman–Crippen LogP) is 1.56. The van der Waals surface area contributed by atoms with Crippen molar-refractivity contribution in [1.29, 1.82) is 0 Å². The Labute approximate surface area is 205 Å². The molecule has 1 N–H and O–H groups in total. The number of ether oxygens (including phenoxy) is 1. The van der Waals surface area contributed by atoms with Gasteiger partial charge in [0.2, 0.25) is 26.0 Å². The average Bonchev–Trinajstić information content (AvgIpc) is 2.88. The third-order valence-corrected chi connectivity index (χ3v) is 10.00. The van der Waals surface area contributed by atoms with E-state index in [0.29, 0.717) is 45.7 Å². The Morgan fingerprint density at radius 1 is 0.886 bits per heavy atom. The highest BCUT2D eigenvalue weighted by Gasteiger charge is 2.33. The molecule has 1 atom stereocenters. The van der Waals surface area contributed by atoms with E-state index in [1.807, 2.05) is 0 Å². The van der Waals surface area contributed by atoms with Crippen LogP contribution in [0.15, 0.2) is 58.3 Å². The van der Waals surface area contributed by atoms with Gasteiger partial charge in [-0.15, -0.1) is 0 Å². The number of hydrogen-bond acceptors (Lipinski definition) is 6. The SMILES string of the molecule is O=C(NCc1ccc(S(=O)(=O)N2CCOCC2)cc1)C1CCCN(S(=O)(=O)c2ccc(F)cc2)C1. The van der Waals surface area contributed by atoms with Gasteiger partial charge < -0.3 is 10.1 Å². The van der Waals surface area contributed by atoms with Crippen LogP contribution in [0.1, 0.15) is 18.4 Å². The maximum absolute atomic E-state index is 13.2. The number of amides is 1. The molecule has 0 bridgehead atoms. The van der Waals surface area contributed by atoms with Crippen LogP contribution >= 0.6 is 0 Å². The van der Waals surface area contributed by atoms with Gasteiger partial charge in [0.1, 0.15) is 5.82 Å². The Kier molecular flexibility index (Phi) is 7.86. The molecule has 0 aromatic heterocycles. The summed E-state index contributed by atoms with van der Waals surface area (Å²) in [5.41, 5.74) is 0.728. The molecule has 12 heteroatoms. The van der Waals surface area contributed by atoms with E-state index in [1.165, 1.54) is 32.9 Å². The first kappa shape index (κ1) is 25.7. The molecule has 2 aromatic rings. The fourth-order valence-corrected chi connectivity index (χ4v) is 7.11. The Bertz CT molecular complexity index is 1250. The number of carbonyl (C=O) groups is 1. The summed E-state index contributed by atoms with van der Waals surface area (Å²) in [6, 6.07) is 11.0. The number of carbonyl (C=O) groups excluding carboxylic acids is 1. The summed E-state index contributed by atoms with van der Waals surface area (Å²) in [4.78, 5) is 12.9. The topological polar surface area (TPSA) is 113 Å². The van der Waals surface area contributed by atoms with E-state index < -0.39 is 31.8 Å². The minimum absolute atomic E-state index is 0.00733. The van der Waals surface area contributed by atoms with Crippen molar-refractivity contribution in [2.24, 2.45) is 5.92 Å². The average molecular weight is 526 g/mol. The van der Waals surface area contributed by atoms with Crippen molar-refractivity contribution in [3.8, 4) is 0 Å². The molecule has 0 radical (unpaired) electrons. The molecule has 0 saturated carbocycles. The fraction of sp³-hybridized carbons (Fsp3) is 0.435. The number of morpholine rings is 1. The second-order valence-electron chi connectivity index (χ2n) is 8.53. The zero-order valence-electron chi connectivity index (χ0n) is 19.1. The molecule has 0 aliphatic carbocycles. The lowest BCUT2D eigenvalue weighted by Gasteiger charge is -2.31. The van der Waals surface area contributed by atoms with Crippen LogP contribution in [-0.2, 0) is 36.1 Å². The molecule has 4 rings (SSSR count). The van der Waals surface area contributed by atoms with Crippen LogP contribution in [-0.4, -0.2) is 70.7 Å². The van der Waals surface area contributed by atoms with E-state index in [2.05, 4.69) is 5.32 Å².